The summed E-state index contributed by atoms with van der Waals surface area (Å²) in [5.74, 6) is 1.83. The summed E-state index contributed by atoms with van der Waals surface area (Å²) < 4.78 is 5.71. The second kappa shape index (κ2) is 4.79. The minimum absolute atomic E-state index is 0.867. The summed E-state index contributed by atoms with van der Waals surface area (Å²) in [6.45, 7) is 4.00. The van der Waals surface area contributed by atoms with Gasteiger partial charge >= 0.3 is 0 Å². The predicted octanol–water partition coefficient (Wildman–Crippen LogP) is 3.80. The molecule has 0 radical (unpaired) electrons. The molecule has 1 aliphatic heterocycles. The molecule has 0 aliphatic carbocycles. The maximum absolute atomic E-state index is 5.71. The summed E-state index contributed by atoms with van der Waals surface area (Å²) in [5, 5.41) is 0. The fourth-order valence-corrected chi connectivity index (χ4v) is 1.70. The van der Waals surface area contributed by atoms with Crippen molar-refractivity contribution in [2.24, 2.45) is 0 Å². The zero-order valence-electron chi connectivity index (χ0n) is 9.60. The van der Waals surface area contributed by atoms with E-state index in [-0.39, 0.29) is 0 Å². The summed E-state index contributed by atoms with van der Waals surface area (Å²) in [5.41, 5.74) is 2.23. The molecule has 1 aliphatic rings. The molecule has 16 heavy (non-hydrogen) atoms. The number of nitrogens with zero attached hydrogens (tertiary/aromatic N) is 1. The van der Waals surface area contributed by atoms with Crippen LogP contribution in [-0.4, -0.2) is 4.98 Å². The van der Waals surface area contributed by atoms with Gasteiger partial charge in [0.1, 0.15) is 11.5 Å². The van der Waals surface area contributed by atoms with Crippen LogP contribution in [0.4, 0.5) is 0 Å². The molecular formula is C14H15NO. The molecule has 2 heterocycles. The molecule has 1 aromatic carbocycles. The van der Waals surface area contributed by atoms with Crippen LogP contribution in [0.3, 0.4) is 0 Å². The van der Waals surface area contributed by atoms with Crippen molar-refractivity contribution in [2.45, 2.75) is 20.3 Å². The maximum atomic E-state index is 5.71. The average molecular weight is 213 g/mol. The molecule has 0 bridgehead atoms. The molecule has 0 fully saturated rings. The van der Waals surface area contributed by atoms with Crippen molar-refractivity contribution in [1.82, 2.24) is 4.98 Å². The van der Waals surface area contributed by atoms with E-state index in [2.05, 4.69) is 11.1 Å². The summed E-state index contributed by atoms with van der Waals surface area (Å²) >= 11 is 0. The van der Waals surface area contributed by atoms with Gasteiger partial charge in [-0.1, -0.05) is 32.0 Å². The zero-order valence-corrected chi connectivity index (χ0v) is 9.60. The Labute approximate surface area is 95.9 Å². The highest BCUT2D eigenvalue weighted by Crippen LogP contribution is 2.34. The first-order valence-corrected chi connectivity index (χ1v) is 5.63. The van der Waals surface area contributed by atoms with Crippen molar-refractivity contribution in [2.75, 3.05) is 0 Å². The lowest BCUT2D eigenvalue weighted by Crippen LogP contribution is -2.04. The van der Waals surface area contributed by atoms with E-state index < -0.39 is 0 Å². The van der Waals surface area contributed by atoms with Gasteiger partial charge in [0.25, 0.3) is 0 Å². The molecule has 2 nitrogen and oxygen atoms in total. The second-order valence-electron chi connectivity index (χ2n) is 3.33. The Hall–Kier alpha value is -1.83. The van der Waals surface area contributed by atoms with Gasteiger partial charge in [0.2, 0.25) is 0 Å². The van der Waals surface area contributed by atoms with Gasteiger partial charge in [0, 0.05) is 18.2 Å². The Balaban J connectivity index is 0.000000457. The highest BCUT2D eigenvalue weighted by molar-refractivity contribution is 5.46. The lowest BCUT2D eigenvalue weighted by Gasteiger charge is -2.18. The van der Waals surface area contributed by atoms with E-state index in [0.717, 1.165) is 23.6 Å². The molecule has 1 aromatic heterocycles. The van der Waals surface area contributed by atoms with Gasteiger partial charge in [-0.05, 0) is 18.2 Å². The molecule has 0 spiro atoms. The van der Waals surface area contributed by atoms with Crippen LogP contribution in [0, 0.1) is 0 Å². The van der Waals surface area contributed by atoms with Crippen molar-refractivity contribution >= 4 is 0 Å². The van der Waals surface area contributed by atoms with Crippen LogP contribution in [0.5, 0.6) is 11.5 Å². The van der Waals surface area contributed by atoms with Crippen LogP contribution < -0.4 is 4.74 Å². The lowest BCUT2D eigenvalue weighted by molar-refractivity contribution is 0.455. The van der Waals surface area contributed by atoms with E-state index >= 15 is 0 Å². The molecule has 2 aromatic rings. The van der Waals surface area contributed by atoms with Gasteiger partial charge in [-0.3, -0.25) is 4.98 Å². The quantitative estimate of drug-likeness (QED) is 0.566. The highest BCUT2D eigenvalue weighted by Gasteiger charge is 2.16. The van der Waals surface area contributed by atoms with E-state index in [9.17, 15) is 0 Å². The van der Waals surface area contributed by atoms with Gasteiger partial charge < -0.3 is 4.74 Å². The lowest BCUT2D eigenvalue weighted by atomic mass is 10.1. The third-order valence-corrected chi connectivity index (χ3v) is 2.40. The number of hydrogen-bond donors (Lipinski definition) is 0. The number of hydrogen-bond acceptors (Lipinski definition) is 2. The fraction of sp³-hybridized carbons (Fsp3) is 0.214. The molecule has 0 unspecified atom stereocenters. The largest absolute Gasteiger partial charge is 0.455 e. The minimum Gasteiger partial charge on any atom is -0.455 e. The summed E-state index contributed by atoms with van der Waals surface area (Å²) in [6.07, 6.45) is 2.67. The third-order valence-electron chi connectivity index (χ3n) is 2.40. The normalized spacial score (nSPS) is 11.4. The van der Waals surface area contributed by atoms with Crippen molar-refractivity contribution in [3.8, 4) is 11.5 Å². The monoisotopic (exact) mass is 213 g/mol. The summed E-state index contributed by atoms with van der Waals surface area (Å²) in [4.78, 5) is 4.29. The van der Waals surface area contributed by atoms with Crippen molar-refractivity contribution in [3.63, 3.8) is 0 Å². The van der Waals surface area contributed by atoms with Crippen LogP contribution in [0.1, 0.15) is 25.1 Å². The van der Waals surface area contributed by atoms with Crippen molar-refractivity contribution in [1.29, 1.82) is 0 Å². The highest BCUT2D eigenvalue weighted by atomic mass is 16.5. The first-order chi connectivity index (χ1) is 7.93. The number of aromatic nitrogens is 1. The standard InChI is InChI=1S/C12H9NO.C2H6/c1-2-5-11-9(4-1)8-10-12(14-11)6-3-7-13-10;1-2/h1-7H,8H2;1-2H3. The molecular weight excluding hydrogens is 198 g/mol. The Morgan fingerprint density at radius 3 is 2.62 bits per heavy atom. The molecule has 82 valence electrons. The molecule has 0 saturated heterocycles. The molecule has 2 heteroatoms. The number of ether oxygens (including phenoxy) is 1. The SMILES string of the molecule is CC.c1ccc2c(c1)Cc1ncccc1O2. The summed E-state index contributed by atoms with van der Waals surface area (Å²) in [7, 11) is 0. The van der Waals surface area contributed by atoms with Crippen LogP contribution in [-0.2, 0) is 6.42 Å². The number of fused-ring (bicyclic) bond motifs is 2. The fourth-order valence-electron chi connectivity index (χ4n) is 1.70. The maximum Gasteiger partial charge on any atom is 0.149 e. The Morgan fingerprint density at radius 2 is 1.75 bits per heavy atom. The number of pyridine rings is 1. The molecule has 0 amide bonds. The third kappa shape index (κ3) is 1.91. The summed E-state index contributed by atoms with van der Waals surface area (Å²) in [6, 6.07) is 11.9. The van der Waals surface area contributed by atoms with Crippen molar-refractivity contribution in [3.05, 3.63) is 53.9 Å². The van der Waals surface area contributed by atoms with E-state index in [1.165, 1.54) is 5.56 Å². The average Bonchev–Trinajstić information content (AvgIpc) is 2.38. The predicted molar refractivity (Wildman–Crippen MR) is 64.9 cm³/mol. The Kier molecular flexibility index (Phi) is 3.20. The topological polar surface area (TPSA) is 22.1 Å². The molecule has 0 saturated carbocycles. The molecule has 0 N–H and O–H groups in total. The van der Waals surface area contributed by atoms with Crippen LogP contribution in [0.15, 0.2) is 42.6 Å². The Morgan fingerprint density at radius 1 is 1.00 bits per heavy atom. The minimum atomic E-state index is 0.867. The van der Waals surface area contributed by atoms with Gasteiger partial charge in [0.15, 0.2) is 0 Å². The van der Waals surface area contributed by atoms with Gasteiger partial charge in [-0.15, -0.1) is 0 Å². The van der Waals surface area contributed by atoms with Crippen molar-refractivity contribution < 1.29 is 4.74 Å². The first kappa shape index (κ1) is 10.7. The number of para-hydroxylation sites is 1. The zero-order chi connectivity index (χ0) is 11.4. The van der Waals surface area contributed by atoms with Gasteiger partial charge in [0.05, 0.1) is 5.69 Å². The Bertz CT molecular complexity index is 392. The first-order valence-electron chi connectivity index (χ1n) is 5.63. The number of rotatable bonds is 0. The van der Waals surface area contributed by atoms with E-state index in [1.807, 2.05) is 44.2 Å². The molecule has 3 rings (SSSR count). The van der Waals surface area contributed by atoms with Crippen LogP contribution >= 0.6 is 0 Å². The van der Waals surface area contributed by atoms with E-state index in [1.54, 1.807) is 6.20 Å². The number of benzene rings is 1. The van der Waals surface area contributed by atoms with Gasteiger partial charge in [-0.25, -0.2) is 0 Å². The van der Waals surface area contributed by atoms with Crippen LogP contribution in [0.2, 0.25) is 0 Å². The van der Waals surface area contributed by atoms with E-state index in [4.69, 9.17) is 4.74 Å². The molecule has 0 atom stereocenters. The van der Waals surface area contributed by atoms with Gasteiger partial charge in [-0.2, -0.15) is 0 Å². The van der Waals surface area contributed by atoms with E-state index in [0.29, 0.717) is 0 Å². The second-order valence-corrected chi connectivity index (χ2v) is 3.33. The van der Waals surface area contributed by atoms with Crippen LogP contribution in [0.25, 0.3) is 0 Å². The smallest absolute Gasteiger partial charge is 0.149 e.